The van der Waals surface area contributed by atoms with Crippen LogP contribution in [0.2, 0.25) is 0 Å². The molecule has 0 aliphatic heterocycles. The maximum Gasteiger partial charge on any atom is 0.236 e. The Labute approximate surface area is 148 Å². The van der Waals surface area contributed by atoms with E-state index >= 15 is 0 Å². The van der Waals surface area contributed by atoms with Crippen molar-refractivity contribution >= 4 is 38.9 Å². The van der Waals surface area contributed by atoms with Gasteiger partial charge in [0.05, 0.1) is 11.8 Å². The third-order valence-corrected chi connectivity index (χ3v) is 4.64. The number of sulfone groups is 1. The van der Waals surface area contributed by atoms with E-state index in [1.165, 1.54) is 10.8 Å². The molecule has 24 heavy (non-hydrogen) atoms. The highest BCUT2D eigenvalue weighted by Gasteiger charge is 2.15. The molecule has 1 atom stereocenters. The first-order valence-corrected chi connectivity index (χ1v) is 9.60. The Hall–Kier alpha value is -1.63. The van der Waals surface area contributed by atoms with Gasteiger partial charge in [0, 0.05) is 12.8 Å². The molecule has 7 heteroatoms. The van der Waals surface area contributed by atoms with Gasteiger partial charge in [-0.2, -0.15) is 0 Å². The van der Waals surface area contributed by atoms with E-state index in [0.29, 0.717) is 13.0 Å². The molecule has 2 aromatic rings. The van der Waals surface area contributed by atoms with Crippen LogP contribution in [0.3, 0.4) is 0 Å². The smallest absolute Gasteiger partial charge is 0.236 e. The summed E-state index contributed by atoms with van der Waals surface area (Å²) >= 11 is 0. The fourth-order valence-electron chi connectivity index (χ4n) is 2.33. The van der Waals surface area contributed by atoms with E-state index in [-0.39, 0.29) is 30.5 Å². The Kier molecular flexibility index (Phi) is 7.66. The second-order valence-electron chi connectivity index (χ2n) is 5.75. The fraction of sp³-hybridized carbons (Fsp3) is 0.353. The van der Waals surface area contributed by atoms with Gasteiger partial charge in [-0.1, -0.05) is 42.5 Å². The van der Waals surface area contributed by atoms with Crippen LogP contribution in [-0.2, 0) is 21.1 Å². The lowest BCUT2D eigenvalue weighted by molar-refractivity contribution is -0.122. The Balaban J connectivity index is 0.00000288. The lowest BCUT2D eigenvalue weighted by Gasteiger charge is -2.12. The van der Waals surface area contributed by atoms with E-state index in [2.05, 4.69) is 29.6 Å². The summed E-state index contributed by atoms with van der Waals surface area (Å²) < 4.78 is 22.2. The first-order valence-electron chi connectivity index (χ1n) is 7.54. The van der Waals surface area contributed by atoms with Gasteiger partial charge in [0.25, 0.3) is 0 Å². The van der Waals surface area contributed by atoms with Crippen LogP contribution in [0.5, 0.6) is 0 Å². The maximum atomic E-state index is 11.8. The summed E-state index contributed by atoms with van der Waals surface area (Å²) in [6.07, 6.45) is 1.98. The number of nitrogens with two attached hydrogens (primary N) is 1. The van der Waals surface area contributed by atoms with Gasteiger partial charge in [-0.25, -0.2) is 8.42 Å². The Morgan fingerprint density at radius 2 is 1.83 bits per heavy atom. The Morgan fingerprint density at radius 3 is 2.50 bits per heavy atom. The molecule has 0 spiro atoms. The topological polar surface area (TPSA) is 89.3 Å². The molecule has 0 saturated heterocycles. The molecular formula is C17H23ClN2O3S. The van der Waals surface area contributed by atoms with Crippen molar-refractivity contribution < 1.29 is 13.2 Å². The molecule has 1 amide bonds. The van der Waals surface area contributed by atoms with Crippen LogP contribution < -0.4 is 11.1 Å². The minimum absolute atomic E-state index is 0. The first kappa shape index (κ1) is 20.4. The quantitative estimate of drug-likeness (QED) is 0.776. The molecule has 0 saturated carbocycles. The van der Waals surface area contributed by atoms with Crippen LogP contribution in [-0.4, -0.2) is 38.9 Å². The first-order chi connectivity index (χ1) is 10.8. The Bertz CT molecular complexity index is 793. The number of carbonyl (C=O) groups is 1. The Morgan fingerprint density at radius 1 is 1.17 bits per heavy atom. The van der Waals surface area contributed by atoms with E-state index < -0.39 is 15.9 Å². The molecule has 3 N–H and O–H groups in total. The fourth-order valence-corrected chi connectivity index (χ4v) is 3.01. The number of fused-ring (bicyclic) bond motifs is 1. The molecule has 1 unspecified atom stereocenters. The second-order valence-corrected chi connectivity index (χ2v) is 8.01. The van der Waals surface area contributed by atoms with Crippen molar-refractivity contribution in [3.8, 4) is 0 Å². The molecule has 2 aromatic carbocycles. The number of hydrogen-bond donors (Lipinski definition) is 2. The predicted octanol–water partition coefficient (Wildman–Crippen LogP) is 1.68. The van der Waals surface area contributed by atoms with E-state index in [4.69, 9.17) is 5.73 Å². The maximum absolute atomic E-state index is 11.8. The molecule has 5 nitrogen and oxygen atoms in total. The average Bonchev–Trinajstić information content (AvgIpc) is 2.51. The highest BCUT2D eigenvalue weighted by molar-refractivity contribution is 7.90. The van der Waals surface area contributed by atoms with Gasteiger partial charge >= 0.3 is 0 Å². The van der Waals surface area contributed by atoms with Gasteiger partial charge in [0.15, 0.2) is 0 Å². The summed E-state index contributed by atoms with van der Waals surface area (Å²) in [5.41, 5.74) is 6.83. The van der Waals surface area contributed by atoms with E-state index in [1.807, 2.05) is 18.2 Å². The minimum atomic E-state index is -3.10. The molecule has 0 bridgehead atoms. The van der Waals surface area contributed by atoms with E-state index in [1.54, 1.807) is 0 Å². The molecule has 0 radical (unpaired) electrons. The molecule has 0 fully saturated rings. The average molecular weight is 371 g/mol. The summed E-state index contributed by atoms with van der Waals surface area (Å²) in [6, 6.07) is 13.5. The number of halogens is 1. The zero-order valence-electron chi connectivity index (χ0n) is 13.6. The van der Waals surface area contributed by atoms with Crippen molar-refractivity contribution in [1.82, 2.24) is 5.32 Å². The normalized spacial score (nSPS) is 12.4. The highest BCUT2D eigenvalue weighted by atomic mass is 35.5. The molecule has 0 aromatic heterocycles. The molecular weight excluding hydrogens is 348 g/mol. The third-order valence-electron chi connectivity index (χ3n) is 3.66. The van der Waals surface area contributed by atoms with Crippen molar-refractivity contribution in [2.24, 2.45) is 5.73 Å². The number of benzene rings is 2. The van der Waals surface area contributed by atoms with Crippen molar-refractivity contribution in [2.45, 2.75) is 18.9 Å². The van der Waals surface area contributed by atoms with Crippen LogP contribution in [0.25, 0.3) is 10.8 Å². The van der Waals surface area contributed by atoms with Crippen LogP contribution in [0, 0.1) is 0 Å². The SMILES string of the molecule is CS(=O)(=O)CCC(N)C(=O)NCCc1ccc2ccccc2c1.Cl. The lowest BCUT2D eigenvalue weighted by Crippen LogP contribution is -2.42. The second kappa shape index (κ2) is 9.01. The van der Waals surface area contributed by atoms with Crippen molar-refractivity contribution in [1.29, 1.82) is 0 Å². The monoisotopic (exact) mass is 370 g/mol. The number of nitrogens with one attached hydrogen (secondary N) is 1. The predicted molar refractivity (Wildman–Crippen MR) is 100 cm³/mol. The van der Waals surface area contributed by atoms with Gasteiger partial charge < -0.3 is 11.1 Å². The number of hydrogen-bond acceptors (Lipinski definition) is 4. The summed E-state index contributed by atoms with van der Waals surface area (Å²) in [6.45, 7) is 0.476. The van der Waals surface area contributed by atoms with E-state index in [0.717, 1.165) is 11.8 Å². The number of amides is 1. The van der Waals surface area contributed by atoms with Gasteiger partial charge in [0.1, 0.15) is 9.84 Å². The van der Waals surface area contributed by atoms with Gasteiger partial charge in [-0.05, 0) is 29.2 Å². The zero-order chi connectivity index (χ0) is 16.9. The van der Waals surface area contributed by atoms with Crippen LogP contribution in [0.15, 0.2) is 42.5 Å². The highest BCUT2D eigenvalue weighted by Crippen LogP contribution is 2.15. The van der Waals surface area contributed by atoms with Gasteiger partial charge in [-0.3, -0.25) is 4.79 Å². The molecule has 132 valence electrons. The van der Waals surface area contributed by atoms with Gasteiger partial charge in [-0.15, -0.1) is 12.4 Å². The summed E-state index contributed by atoms with van der Waals surface area (Å²) in [5, 5.41) is 5.11. The molecule has 2 rings (SSSR count). The summed E-state index contributed by atoms with van der Waals surface area (Å²) in [4.78, 5) is 11.8. The largest absolute Gasteiger partial charge is 0.354 e. The van der Waals surface area contributed by atoms with Crippen LogP contribution in [0.1, 0.15) is 12.0 Å². The summed E-state index contributed by atoms with van der Waals surface area (Å²) in [5.74, 6) is -0.388. The lowest BCUT2D eigenvalue weighted by atomic mass is 10.1. The van der Waals surface area contributed by atoms with Crippen LogP contribution in [0.4, 0.5) is 0 Å². The number of rotatable bonds is 7. The zero-order valence-corrected chi connectivity index (χ0v) is 15.2. The molecule has 0 heterocycles. The summed E-state index contributed by atoms with van der Waals surface area (Å²) in [7, 11) is -3.10. The van der Waals surface area contributed by atoms with Crippen molar-refractivity contribution in [3.05, 3.63) is 48.0 Å². The van der Waals surface area contributed by atoms with Crippen molar-refractivity contribution in [3.63, 3.8) is 0 Å². The van der Waals surface area contributed by atoms with E-state index in [9.17, 15) is 13.2 Å². The minimum Gasteiger partial charge on any atom is -0.354 e. The third kappa shape index (κ3) is 6.47. The van der Waals surface area contributed by atoms with Gasteiger partial charge in [0.2, 0.25) is 5.91 Å². The van der Waals surface area contributed by atoms with Crippen LogP contribution >= 0.6 is 12.4 Å². The molecule has 0 aliphatic rings. The standard InChI is InChI=1S/C17H22N2O3S.ClH/c1-23(21,22)11-9-16(18)17(20)19-10-8-13-6-7-14-4-2-3-5-15(14)12-13;/h2-7,12,16H,8-11,18H2,1H3,(H,19,20);1H. The molecule has 0 aliphatic carbocycles. The number of carbonyl (C=O) groups excluding carboxylic acids is 1. The van der Waals surface area contributed by atoms with Crippen molar-refractivity contribution in [2.75, 3.05) is 18.6 Å².